The summed E-state index contributed by atoms with van der Waals surface area (Å²) in [5.74, 6) is 0.653. The van der Waals surface area contributed by atoms with E-state index in [1.807, 2.05) is 55.5 Å². The molecular weight excluding hydrogens is 314 g/mol. The van der Waals surface area contributed by atoms with Crippen molar-refractivity contribution in [3.63, 3.8) is 0 Å². The summed E-state index contributed by atoms with van der Waals surface area (Å²) in [6.07, 6.45) is 1.36. The molecule has 0 saturated carbocycles. The zero-order valence-corrected chi connectivity index (χ0v) is 14.9. The summed E-state index contributed by atoms with van der Waals surface area (Å²) in [5.41, 5.74) is 2.99. The molecule has 0 aromatic heterocycles. The monoisotopic (exact) mass is 339 g/mol. The van der Waals surface area contributed by atoms with Crippen molar-refractivity contribution in [3.05, 3.63) is 65.2 Å². The maximum atomic E-state index is 12.1. The minimum atomic E-state index is -0.133. The van der Waals surface area contributed by atoms with Gasteiger partial charge >= 0.3 is 0 Å². The average Bonchev–Trinajstić information content (AvgIpc) is 2.63. The molecule has 0 heterocycles. The van der Waals surface area contributed by atoms with E-state index >= 15 is 0 Å². The zero-order valence-electron chi connectivity index (χ0n) is 14.9. The van der Waals surface area contributed by atoms with Gasteiger partial charge in [0.15, 0.2) is 5.78 Å². The zero-order chi connectivity index (χ0) is 18.1. The van der Waals surface area contributed by atoms with E-state index in [2.05, 4.69) is 12.2 Å². The molecule has 2 aromatic rings. The smallest absolute Gasteiger partial charge is 0.220 e. The molecule has 0 aliphatic carbocycles. The molecule has 0 unspecified atom stereocenters. The lowest BCUT2D eigenvalue weighted by Crippen LogP contribution is -2.28. The van der Waals surface area contributed by atoms with Gasteiger partial charge in [-0.05, 0) is 36.6 Å². The van der Waals surface area contributed by atoms with E-state index in [-0.39, 0.29) is 24.5 Å². The van der Waals surface area contributed by atoms with Crippen LogP contribution in [0.4, 0.5) is 0 Å². The van der Waals surface area contributed by atoms with Crippen molar-refractivity contribution in [1.82, 2.24) is 5.32 Å². The summed E-state index contributed by atoms with van der Waals surface area (Å²) >= 11 is 0. The van der Waals surface area contributed by atoms with Crippen molar-refractivity contribution >= 4 is 11.7 Å². The third-order valence-electron chi connectivity index (χ3n) is 3.95. The Hall–Kier alpha value is -2.62. The minimum Gasteiger partial charge on any atom is -0.492 e. The molecule has 132 valence electrons. The lowest BCUT2D eigenvalue weighted by atomic mass is 10.0. The number of carbonyl (C=O) groups excluding carboxylic acids is 2. The van der Waals surface area contributed by atoms with Gasteiger partial charge in [0, 0.05) is 18.4 Å². The summed E-state index contributed by atoms with van der Waals surface area (Å²) in [4.78, 5) is 23.9. The Kier molecular flexibility index (Phi) is 7.20. The largest absolute Gasteiger partial charge is 0.492 e. The fraction of sp³-hybridized carbons (Fsp3) is 0.333. The van der Waals surface area contributed by atoms with Crippen molar-refractivity contribution in [2.45, 2.75) is 33.1 Å². The third kappa shape index (κ3) is 6.42. The third-order valence-corrected chi connectivity index (χ3v) is 3.95. The lowest BCUT2D eigenvalue weighted by Gasteiger charge is -2.08. The predicted molar refractivity (Wildman–Crippen MR) is 99.1 cm³/mol. The summed E-state index contributed by atoms with van der Waals surface area (Å²) < 4.78 is 5.57. The quantitative estimate of drug-likeness (QED) is 0.560. The molecule has 0 spiro atoms. The van der Waals surface area contributed by atoms with E-state index in [4.69, 9.17) is 4.74 Å². The number of ether oxygens (including phenoxy) is 1. The number of Topliss-reactive ketones (excluding diaryl/α,β-unsaturated/α-hetero) is 1. The normalized spacial score (nSPS) is 10.3. The number of rotatable bonds is 9. The molecule has 4 heteroatoms. The molecular formula is C21H25NO3. The molecule has 2 aromatic carbocycles. The van der Waals surface area contributed by atoms with Crippen molar-refractivity contribution in [2.24, 2.45) is 0 Å². The Labute approximate surface area is 149 Å². The SMILES string of the molecule is CCc1ccc(C(=O)CCC(=O)NCCOc2cccc(C)c2)cc1. The van der Waals surface area contributed by atoms with E-state index in [1.54, 1.807) is 0 Å². The molecule has 2 rings (SSSR count). The number of nitrogens with one attached hydrogen (secondary N) is 1. The van der Waals surface area contributed by atoms with E-state index in [0.717, 1.165) is 17.7 Å². The molecule has 0 fully saturated rings. The van der Waals surface area contributed by atoms with Crippen molar-refractivity contribution < 1.29 is 14.3 Å². The second kappa shape index (κ2) is 9.62. The van der Waals surface area contributed by atoms with E-state index < -0.39 is 0 Å². The molecule has 0 aliphatic heterocycles. The standard InChI is InChI=1S/C21H25NO3/c1-3-17-7-9-18(10-8-17)20(23)11-12-21(24)22-13-14-25-19-6-4-5-16(2)15-19/h4-10,15H,3,11-14H2,1-2H3,(H,22,24). The molecule has 0 radical (unpaired) electrons. The highest BCUT2D eigenvalue weighted by molar-refractivity contribution is 5.97. The first-order valence-electron chi connectivity index (χ1n) is 8.67. The second-order valence-electron chi connectivity index (χ2n) is 5.99. The number of ketones is 1. The van der Waals surface area contributed by atoms with Gasteiger partial charge in [-0.3, -0.25) is 9.59 Å². The van der Waals surface area contributed by atoms with Gasteiger partial charge in [0.1, 0.15) is 12.4 Å². The van der Waals surface area contributed by atoms with Gasteiger partial charge in [0.25, 0.3) is 0 Å². The molecule has 25 heavy (non-hydrogen) atoms. The van der Waals surface area contributed by atoms with Crippen molar-refractivity contribution in [3.8, 4) is 5.75 Å². The van der Waals surface area contributed by atoms with Gasteiger partial charge in [-0.15, -0.1) is 0 Å². The highest BCUT2D eigenvalue weighted by Crippen LogP contribution is 2.12. The van der Waals surface area contributed by atoms with Crippen LogP contribution in [-0.4, -0.2) is 24.8 Å². The Morgan fingerprint density at radius 1 is 1.04 bits per heavy atom. The maximum Gasteiger partial charge on any atom is 0.220 e. The number of aryl methyl sites for hydroxylation is 2. The average molecular weight is 339 g/mol. The van der Waals surface area contributed by atoms with Gasteiger partial charge in [0.2, 0.25) is 5.91 Å². The van der Waals surface area contributed by atoms with Crippen molar-refractivity contribution in [2.75, 3.05) is 13.2 Å². The number of amides is 1. The fourth-order valence-corrected chi connectivity index (χ4v) is 2.45. The second-order valence-corrected chi connectivity index (χ2v) is 5.99. The van der Waals surface area contributed by atoms with Crippen molar-refractivity contribution in [1.29, 1.82) is 0 Å². The van der Waals surface area contributed by atoms with Crippen LogP contribution in [0.5, 0.6) is 5.75 Å². The summed E-state index contributed by atoms with van der Waals surface area (Å²) in [5, 5.41) is 2.78. The van der Waals surface area contributed by atoms with Gasteiger partial charge in [0.05, 0.1) is 6.54 Å². The molecule has 1 amide bonds. The Morgan fingerprint density at radius 3 is 2.48 bits per heavy atom. The summed E-state index contributed by atoms with van der Waals surface area (Å²) in [7, 11) is 0. The topological polar surface area (TPSA) is 55.4 Å². The summed E-state index contributed by atoms with van der Waals surface area (Å²) in [6, 6.07) is 15.3. The molecule has 0 aliphatic rings. The number of carbonyl (C=O) groups is 2. The van der Waals surface area contributed by atoms with Crippen LogP contribution in [0.3, 0.4) is 0 Å². The van der Waals surface area contributed by atoms with Crippen LogP contribution in [0, 0.1) is 6.92 Å². The van der Waals surface area contributed by atoms with Crippen LogP contribution in [0.2, 0.25) is 0 Å². The van der Waals surface area contributed by atoms with E-state index in [0.29, 0.717) is 18.7 Å². The first-order chi connectivity index (χ1) is 12.1. The Bertz CT molecular complexity index is 707. The Balaban J connectivity index is 1.65. The van der Waals surface area contributed by atoms with Gasteiger partial charge < -0.3 is 10.1 Å². The van der Waals surface area contributed by atoms with E-state index in [9.17, 15) is 9.59 Å². The minimum absolute atomic E-state index is 0.00573. The number of hydrogen-bond acceptors (Lipinski definition) is 3. The highest BCUT2D eigenvalue weighted by Gasteiger charge is 2.09. The molecule has 0 bridgehead atoms. The Morgan fingerprint density at radius 2 is 1.80 bits per heavy atom. The molecule has 0 atom stereocenters. The van der Waals surface area contributed by atoms with Crippen LogP contribution in [-0.2, 0) is 11.2 Å². The van der Waals surface area contributed by atoms with Crippen LogP contribution < -0.4 is 10.1 Å². The first kappa shape index (κ1) is 18.7. The van der Waals surface area contributed by atoms with Gasteiger partial charge in [-0.2, -0.15) is 0 Å². The molecule has 4 nitrogen and oxygen atoms in total. The predicted octanol–water partition coefficient (Wildman–Crippen LogP) is 3.72. The molecule has 1 N–H and O–H groups in total. The first-order valence-corrected chi connectivity index (χ1v) is 8.67. The molecule has 0 saturated heterocycles. The number of benzene rings is 2. The van der Waals surface area contributed by atoms with Crippen LogP contribution in [0.25, 0.3) is 0 Å². The van der Waals surface area contributed by atoms with E-state index in [1.165, 1.54) is 5.56 Å². The van der Waals surface area contributed by atoms with Crippen LogP contribution in [0.15, 0.2) is 48.5 Å². The van der Waals surface area contributed by atoms with Gasteiger partial charge in [-0.25, -0.2) is 0 Å². The fourth-order valence-electron chi connectivity index (χ4n) is 2.45. The highest BCUT2D eigenvalue weighted by atomic mass is 16.5. The van der Waals surface area contributed by atoms with Gasteiger partial charge in [-0.1, -0.05) is 43.3 Å². The maximum absolute atomic E-state index is 12.1. The van der Waals surface area contributed by atoms with Crippen LogP contribution in [0.1, 0.15) is 41.3 Å². The lowest BCUT2D eigenvalue weighted by molar-refractivity contribution is -0.121. The number of hydrogen-bond donors (Lipinski definition) is 1. The summed E-state index contributed by atoms with van der Waals surface area (Å²) in [6.45, 7) is 4.90. The van der Waals surface area contributed by atoms with Crippen LogP contribution >= 0.6 is 0 Å².